The van der Waals surface area contributed by atoms with Crippen molar-refractivity contribution in [3.63, 3.8) is 0 Å². The summed E-state index contributed by atoms with van der Waals surface area (Å²) >= 11 is 1.72. The molecule has 0 bridgehead atoms. The zero-order valence-electron chi connectivity index (χ0n) is 12.1. The van der Waals surface area contributed by atoms with E-state index in [1.54, 1.807) is 24.5 Å². The van der Waals surface area contributed by atoms with Crippen molar-refractivity contribution in [2.24, 2.45) is 0 Å². The molecule has 0 fully saturated rings. The van der Waals surface area contributed by atoms with E-state index in [4.69, 9.17) is 9.47 Å². The van der Waals surface area contributed by atoms with Gasteiger partial charge in [0.1, 0.15) is 11.6 Å². The van der Waals surface area contributed by atoms with Gasteiger partial charge in [0, 0.05) is 37.1 Å². The molecule has 0 aliphatic carbocycles. The van der Waals surface area contributed by atoms with E-state index < -0.39 is 0 Å². The van der Waals surface area contributed by atoms with Gasteiger partial charge < -0.3 is 14.8 Å². The van der Waals surface area contributed by atoms with Crippen LogP contribution in [0.2, 0.25) is 0 Å². The summed E-state index contributed by atoms with van der Waals surface area (Å²) in [6, 6.07) is 8.76. The molecular weight excluding hydrogens is 289 g/mol. The predicted octanol–water partition coefficient (Wildman–Crippen LogP) is 3.24. The minimum atomic E-state index is -0.246. The second-order valence-electron chi connectivity index (χ2n) is 4.60. The molecule has 0 spiro atoms. The topological polar surface area (TPSA) is 30.5 Å². The molecule has 0 amide bonds. The zero-order chi connectivity index (χ0) is 14.9. The van der Waals surface area contributed by atoms with Crippen molar-refractivity contribution < 1.29 is 13.9 Å². The molecule has 1 heterocycles. The van der Waals surface area contributed by atoms with E-state index >= 15 is 0 Å². The van der Waals surface area contributed by atoms with Crippen LogP contribution in [0, 0.1) is 5.82 Å². The lowest BCUT2D eigenvalue weighted by molar-refractivity contribution is 0.199. The SMILES string of the molecule is COCCNCc1cc(F)ccc1OCCc1cccs1. The van der Waals surface area contributed by atoms with Crippen molar-refractivity contribution in [2.45, 2.75) is 13.0 Å². The molecular formula is C16H20FNO2S. The smallest absolute Gasteiger partial charge is 0.123 e. The van der Waals surface area contributed by atoms with E-state index in [2.05, 4.69) is 16.8 Å². The van der Waals surface area contributed by atoms with Crippen molar-refractivity contribution in [3.05, 3.63) is 52.0 Å². The average molecular weight is 309 g/mol. The molecule has 3 nitrogen and oxygen atoms in total. The fourth-order valence-electron chi connectivity index (χ4n) is 1.94. The lowest BCUT2D eigenvalue weighted by atomic mass is 10.2. The molecule has 21 heavy (non-hydrogen) atoms. The normalized spacial score (nSPS) is 10.8. The fraction of sp³-hybridized carbons (Fsp3) is 0.375. The highest BCUT2D eigenvalue weighted by Gasteiger charge is 2.06. The van der Waals surface area contributed by atoms with Crippen LogP contribution in [0.5, 0.6) is 5.75 Å². The monoisotopic (exact) mass is 309 g/mol. The number of halogens is 1. The second-order valence-corrected chi connectivity index (χ2v) is 5.63. The van der Waals surface area contributed by atoms with Crippen LogP contribution in [0.3, 0.4) is 0 Å². The highest BCUT2D eigenvalue weighted by molar-refractivity contribution is 7.09. The van der Waals surface area contributed by atoms with E-state index in [1.165, 1.54) is 17.0 Å². The maximum atomic E-state index is 13.4. The third kappa shape index (κ3) is 5.46. The van der Waals surface area contributed by atoms with Gasteiger partial charge in [-0.1, -0.05) is 6.07 Å². The van der Waals surface area contributed by atoms with Crippen LogP contribution in [0.15, 0.2) is 35.7 Å². The number of nitrogens with one attached hydrogen (secondary N) is 1. The van der Waals surface area contributed by atoms with Crippen LogP contribution in [-0.2, 0) is 17.7 Å². The molecule has 2 rings (SSSR count). The lowest BCUT2D eigenvalue weighted by Crippen LogP contribution is -2.19. The summed E-state index contributed by atoms with van der Waals surface area (Å²) in [4.78, 5) is 1.29. The fourth-order valence-corrected chi connectivity index (χ4v) is 2.63. The van der Waals surface area contributed by atoms with E-state index in [0.717, 1.165) is 24.3 Å². The Morgan fingerprint density at radius 1 is 1.24 bits per heavy atom. The Balaban J connectivity index is 1.87. The minimum Gasteiger partial charge on any atom is -0.493 e. The number of hydrogen-bond donors (Lipinski definition) is 1. The van der Waals surface area contributed by atoms with Gasteiger partial charge in [-0.15, -0.1) is 11.3 Å². The summed E-state index contributed by atoms with van der Waals surface area (Å²) in [5.74, 6) is 0.488. The number of methoxy groups -OCH3 is 1. The lowest BCUT2D eigenvalue weighted by Gasteiger charge is -2.12. The number of ether oxygens (including phenoxy) is 2. The van der Waals surface area contributed by atoms with Gasteiger partial charge in [-0.05, 0) is 29.6 Å². The van der Waals surface area contributed by atoms with Gasteiger partial charge in [0.25, 0.3) is 0 Å². The van der Waals surface area contributed by atoms with Gasteiger partial charge in [0.05, 0.1) is 13.2 Å². The van der Waals surface area contributed by atoms with Crippen molar-refractivity contribution in [2.75, 3.05) is 26.9 Å². The summed E-state index contributed by atoms with van der Waals surface area (Å²) in [5.41, 5.74) is 0.831. The van der Waals surface area contributed by atoms with Crippen molar-refractivity contribution in [3.8, 4) is 5.75 Å². The molecule has 2 aromatic rings. The second kappa shape index (κ2) is 8.77. The maximum absolute atomic E-state index is 13.4. The highest BCUT2D eigenvalue weighted by Crippen LogP contribution is 2.20. The standard InChI is InChI=1S/C16H20FNO2S/c1-19-9-7-18-12-13-11-14(17)4-5-16(13)20-8-6-15-3-2-10-21-15/h2-5,10-11,18H,6-9,12H2,1H3. The third-order valence-corrected chi connectivity index (χ3v) is 3.94. The van der Waals surface area contributed by atoms with Crippen molar-refractivity contribution in [1.29, 1.82) is 0 Å². The van der Waals surface area contributed by atoms with Gasteiger partial charge >= 0.3 is 0 Å². The van der Waals surface area contributed by atoms with Crippen LogP contribution in [0.4, 0.5) is 4.39 Å². The maximum Gasteiger partial charge on any atom is 0.123 e. The Morgan fingerprint density at radius 3 is 2.90 bits per heavy atom. The van der Waals surface area contributed by atoms with E-state index in [1.807, 2.05) is 6.07 Å². The number of rotatable bonds is 9. The molecule has 1 N–H and O–H groups in total. The summed E-state index contributed by atoms with van der Waals surface area (Å²) < 4.78 is 24.1. The summed E-state index contributed by atoms with van der Waals surface area (Å²) in [7, 11) is 1.66. The van der Waals surface area contributed by atoms with Gasteiger partial charge in [-0.2, -0.15) is 0 Å². The third-order valence-electron chi connectivity index (χ3n) is 3.01. The van der Waals surface area contributed by atoms with E-state index in [0.29, 0.717) is 19.8 Å². The number of benzene rings is 1. The quantitative estimate of drug-likeness (QED) is 0.721. The number of hydrogen-bond acceptors (Lipinski definition) is 4. The Morgan fingerprint density at radius 2 is 2.14 bits per heavy atom. The molecule has 0 atom stereocenters. The van der Waals surface area contributed by atoms with Crippen molar-refractivity contribution >= 4 is 11.3 Å². The summed E-state index contributed by atoms with van der Waals surface area (Å²) in [5, 5.41) is 5.26. The molecule has 0 aliphatic rings. The molecule has 1 aromatic heterocycles. The van der Waals surface area contributed by atoms with Crippen LogP contribution in [0.1, 0.15) is 10.4 Å². The van der Waals surface area contributed by atoms with Crippen LogP contribution in [-0.4, -0.2) is 26.9 Å². The average Bonchev–Trinajstić information content (AvgIpc) is 2.99. The first-order valence-electron chi connectivity index (χ1n) is 6.93. The first kappa shape index (κ1) is 15.9. The molecule has 114 valence electrons. The Hall–Kier alpha value is -1.43. The van der Waals surface area contributed by atoms with Gasteiger partial charge in [-0.3, -0.25) is 0 Å². The summed E-state index contributed by atoms with van der Waals surface area (Å²) in [6.45, 7) is 2.51. The minimum absolute atomic E-state index is 0.246. The van der Waals surface area contributed by atoms with E-state index in [9.17, 15) is 4.39 Å². The molecule has 5 heteroatoms. The van der Waals surface area contributed by atoms with Crippen LogP contribution >= 0.6 is 11.3 Å². The van der Waals surface area contributed by atoms with Crippen molar-refractivity contribution in [1.82, 2.24) is 5.32 Å². The molecule has 1 aromatic carbocycles. The first-order valence-corrected chi connectivity index (χ1v) is 7.81. The molecule has 0 saturated heterocycles. The highest BCUT2D eigenvalue weighted by atomic mass is 32.1. The number of thiophene rings is 1. The van der Waals surface area contributed by atoms with Crippen LogP contribution in [0.25, 0.3) is 0 Å². The summed E-state index contributed by atoms with van der Waals surface area (Å²) in [6.07, 6.45) is 0.867. The molecule has 0 saturated carbocycles. The first-order chi connectivity index (χ1) is 10.3. The Labute approximate surface area is 128 Å². The van der Waals surface area contributed by atoms with Gasteiger partial charge in [0.15, 0.2) is 0 Å². The molecule has 0 unspecified atom stereocenters. The van der Waals surface area contributed by atoms with Gasteiger partial charge in [-0.25, -0.2) is 4.39 Å². The van der Waals surface area contributed by atoms with Gasteiger partial charge in [0.2, 0.25) is 0 Å². The largest absolute Gasteiger partial charge is 0.493 e. The zero-order valence-corrected chi connectivity index (χ0v) is 12.9. The van der Waals surface area contributed by atoms with E-state index in [-0.39, 0.29) is 5.82 Å². The predicted molar refractivity (Wildman–Crippen MR) is 83.5 cm³/mol. The Kier molecular flexibility index (Phi) is 6.66. The Bertz CT molecular complexity index is 531. The molecule has 0 radical (unpaired) electrons. The molecule has 0 aliphatic heterocycles. The van der Waals surface area contributed by atoms with Crippen LogP contribution < -0.4 is 10.1 Å².